The van der Waals surface area contributed by atoms with Crippen LogP contribution in [0.3, 0.4) is 0 Å². The topological polar surface area (TPSA) is 37.4 Å². The SMILES string of the molecule is CCN(c1nc(COC)c(CNC(C)C)s1)C1CCCC1. The van der Waals surface area contributed by atoms with Gasteiger partial charge in [0.05, 0.1) is 12.3 Å². The summed E-state index contributed by atoms with van der Waals surface area (Å²) in [7, 11) is 1.74. The molecule has 0 saturated heterocycles. The highest BCUT2D eigenvalue weighted by molar-refractivity contribution is 7.15. The summed E-state index contributed by atoms with van der Waals surface area (Å²) in [6.07, 6.45) is 5.34. The lowest BCUT2D eigenvalue weighted by molar-refractivity contribution is 0.181. The Hall–Kier alpha value is -0.650. The van der Waals surface area contributed by atoms with Gasteiger partial charge in [0.15, 0.2) is 5.13 Å². The van der Waals surface area contributed by atoms with Crippen molar-refractivity contribution in [2.75, 3.05) is 18.6 Å². The summed E-state index contributed by atoms with van der Waals surface area (Å²) < 4.78 is 5.33. The number of thiazole rings is 1. The van der Waals surface area contributed by atoms with Gasteiger partial charge in [0.1, 0.15) is 0 Å². The summed E-state index contributed by atoms with van der Waals surface area (Å²) >= 11 is 1.83. The van der Waals surface area contributed by atoms with Gasteiger partial charge in [-0.05, 0) is 19.8 Å². The van der Waals surface area contributed by atoms with E-state index in [9.17, 15) is 0 Å². The van der Waals surface area contributed by atoms with E-state index < -0.39 is 0 Å². The van der Waals surface area contributed by atoms with Crippen molar-refractivity contribution in [3.63, 3.8) is 0 Å². The molecule has 0 bridgehead atoms. The Morgan fingerprint density at radius 2 is 2.10 bits per heavy atom. The standard InChI is InChI=1S/C16H29N3OS/c1-5-19(13-8-6-7-9-13)16-18-14(11-20-4)15(21-16)10-17-12(2)3/h12-13,17H,5-11H2,1-4H3. The molecule has 1 aromatic heterocycles. The zero-order valence-corrected chi connectivity index (χ0v) is 14.6. The second-order valence-electron chi connectivity index (χ2n) is 6.06. The summed E-state index contributed by atoms with van der Waals surface area (Å²) in [6, 6.07) is 1.17. The Kier molecular flexibility index (Phi) is 6.45. The van der Waals surface area contributed by atoms with Gasteiger partial charge in [0.25, 0.3) is 0 Å². The predicted octanol–water partition coefficient (Wildman–Crippen LogP) is 3.56. The van der Waals surface area contributed by atoms with E-state index in [-0.39, 0.29) is 0 Å². The van der Waals surface area contributed by atoms with Crippen LogP contribution in [-0.4, -0.2) is 30.7 Å². The fourth-order valence-electron chi connectivity index (χ4n) is 2.94. The van der Waals surface area contributed by atoms with Crippen LogP contribution in [0.15, 0.2) is 0 Å². The molecule has 0 radical (unpaired) electrons. The molecule has 21 heavy (non-hydrogen) atoms. The van der Waals surface area contributed by atoms with Crippen LogP contribution in [0.25, 0.3) is 0 Å². The molecule has 0 amide bonds. The summed E-state index contributed by atoms with van der Waals surface area (Å²) in [5.41, 5.74) is 1.10. The van der Waals surface area contributed by atoms with Crippen molar-refractivity contribution in [2.24, 2.45) is 0 Å². The number of nitrogens with zero attached hydrogens (tertiary/aromatic N) is 2. The molecule has 120 valence electrons. The molecule has 4 nitrogen and oxygen atoms in total. The van der Waals surface area contributed by atoms with Crippen LogP contribution >= 0.6 is 11.3 Å². The molecule has 1 aliphatic carbocycles. The minimum Gasteiger partial charge on any atom is -0.378 e. The van der Waals surface area contributed by atoms with Crippen LogP contribution in [0.2, 0.25) is 0 Å². The first kappa shape index (κ1) is 16.7. The molecule has 0 aromatic carbocycles. The van der Waals surface area contributed by atoms with E-state index in [1.165, 1.54) is 35.7 Å². The van der Waals surface area contributed by atoms with Gasteiger partial charge in [-0.2, -0.15) is 0 Å². The minimum absolute atomic E-state index is 0.489. The molecule has 1 aromatic rings. The molecule has 5 heteroatoms. The molecule has 1 heterocycles. The van der Waals surface area contributed by atoms with E-state index in [0.29, 0.717) is 18.7 Å². The van der Waals surface area contributed by atoms with Crippen molar-refractivity contribution < 1.29 is 4.74 Å². The lowest BCUT2D eigenvalue weighted by Gasteiger charge is -2.26. The number of aromatic nitrogens is 1. The van der Waals surface area contributed by atoms with Crippen LogP contribution in [-0.2, 0) is 17.9 Å². The van der Waals surface area contributed by atoms with Crippen molar-refractivity contribution in [1.82, 2.24) is 10.3 Å². The van der Waals surface area contributed by atoms with E-state index in [4.69, 9.17) is 9.72 Å². The molecule has 0 spiro atoms. The first-order chi connectivity index (χ1) is 10.2. The summed E-state index contributed by atoms with van der Waals surface area (Å²) in [5.74, 6) is 0. The normalized spacial score (nSPS) is 16.0. The number of hydrogen-bond acceptors (Lipinski definition) is 5. The van der Waals surface area contributed by atoms with Crippen molar-refractivity contribution in [3.8, 4) is 0 Å². The maximum Gasteiger partial charge on any atom is 0.186 e. The molecular formula is C16H29N3OS. The van der Waals surface area contributed by atoms with Gasteiger partial charge >= 0.3 is 0 Å². The maximum atomic E-state index is 5.33. The molecule has 1 aliphatic rings. The molecule has 1 fully saturated rings. The number of anilines is 1. The maximum absolute atomic E-state index is 5.33. The third kappa shape index (κ3) is 4.41. The Balaban J connectivity index is 2.15. The van der Waals surface area contributed by atoms with Gasteiger partial charge in [-0.25, -0.2) is 4.98 Å². The lowest BCUT2D eigenvalue weighted by atomic mass is 10.2. The number of nitrogens with one attached hydrogen (secondary N) is 1. The van der Waals surface area contributed by atoms with Crippen LogP contribution < -0.4 is 10.2 Å². The number of methoxy groups -OCH3 is 1. The van der Waals surface area contributed by atoms with Crippen molar-refractivity contribution in [1.29, 1.82) is 0 Å². The smallest absolute Gasteiger partial charge is 0.186 e. The highest BCUT2D eigenvalue weighted by Crippen LogP contribution is 2.33. The van der Waals surface area contributed by atoms with Crippen molar-refractivity contribution in [3.05, 3.63) is 10.6 Å². The first-order valence-corrected chi connectivity index (χ1v) is 8.94. The second kappa shape index (κ2) is 8.11. The van der Waals surface area contributed by atoms with Gasteiger partial charge in [0, 0.05) is 37.2 Å². The van der Waals surface area contributed by atoms with Crippen molar-refractivity contribution >= 4 is 16.5 Å². The predicted molar refractivity (Wildman–Crippen MR) is 90.1 cm³/mol. The fourth-order valence-corrected chi connectivity index (χ4v) is 4.09. The van der Waals surface area contributed by atoms with E-state index in [2.05, 4.69) is 31.0 Å². The average molecular weight is 311 g/mol. The number of rotatable bonds is 8. The Morgan fingerprint density at radius 1 is 1.38 bits per heavy atom. The molecule has 2 rings (SSSR count). The quantitative estimate of drug-likeness (QED) is 0.796. The fraction of sp³-hybridized carbons (Fsp3) is 0.812. The highest BCUT2D eigenvalue weighted by Gasteiger charge is 2.25. The van der Waals surface area contributed by atoms with Gasteiger partial charge in [-0.1, -0.05) is 26.7 Å². The number of hydrogen-bond donors (Lipinski definition) is 1. The van der Waals surface area contributed by atoms with E-state index >= 15 is 0 Å². The molecule has 1 saturated carbocycles. The molecule has 0 atom stereocenters. The summed E-state index contributed by atoms with van der Waals surface area (Å²) in [6.45, 7) is 9.12. The Bertz CT molecular complexity index is 427. The first-order valence-electron chi connectivity index (χ1n) is 8.13. The summed E-state index contributed by atoms with van der Waals surface area (Å²) in [4.78, 5) is 8.69. The molecular weight excluding hydrogens is 282 g/mol. The minimum atomic E-state index is 0.489. The summed E-state index contributed by atoms with van der Waals surface area (Å²) in [5, 5.41) is 4.67. The van der Waals surface area contributed by atoms with Crippen molar-refractivity contribution in [2.45, 2.75) is 71.7 Å². The highest BCUT2D eigenvalue weighted by atomic mass is 32.1. The number of ether oxygens (including phenoxy) is 1. The third-order valence-electron chi connectivity index (χ3n) is 4.07. The Labute approximate surface area is 132 Å². The zero-order valence-electron chi connectivity index (χ0n) is 13.8. The van der Waals surface area contributed by atoms with Crippen LogP contribution in [0.1, 0.15) is 57.0 Å². The van der Waals surface area contributed by atoms with Gasteiger partial charge < -0.3 is 15.0 Å². The molecule has 0 aliphatic heterocycles. The van der Waals surface area contributed by atoms with Gasteiger partial charge in [-0.15, -0.1) is 11.3 Å². The van der Waals surface area contributed by atoms with E-state index in [1.54, 1.807) is 7.11 Å². The third-order valence-corrected chi connectivity index (χ3v) is 5.21. The monoisotopic (exact) mass is 311 g/mol. The van der Waals surface area contributed by atoms with Crippen LogP contribution in [0.5, 0.6) is 0 Å². The lowest BCUT2D eigenvalue weighted by Crippen LogP contribution is -2.32. The van der Waals surface area contributed by atoms with Gasteiger partial charge in [0.2, 0.25) is 0 Å². The van der Waals surface area contributed by atoms with E-state index in [0.717, 1.165) is 18.8 Å². The van der Waals surface area contributed by atoms with Gasteiger partial charge in [-0.3, -0.25) is 0 Å². The average Bonchev–Trinajstić information content (AvgIpc) is 3.09. The van der Waals surface area contributed by atoms with Crippen LogP contribution in [0.4, 0.5) is 5.13 Å². The Morgan fingerprint density at radius 3 is 2.67 bits per heavy atom. The largest absolute Gasteiger partial charge is 0.378 e. The van der Waals surface area contributed by atoms with E-state index in [1.807, 2.05) is 11.3 Å². The second-order valence-corrected chi connectivity index (χ2v) is 7.12. The van der Waals surface area contributed by atoms with Crippen LogP contribution in [0, 0.1) is 0 Å². The zero-order chi connectivity index (χ0) is 15.2. The molecule has 1 N–H and O–H groups in total. The molecule has 0 unspecified atom stereocenters.